The highest BCUT2D eigenvalue weighted by Gasteiger charge is 2.28. The molecule has 0 saturated carbocycles. The predicted molar refractivity (Wildman–Crippen MR) is 134 cm³/mol. The Bertz CT molecular complexity index is 1280. The van der Waals surface area contributed by atoms with E-state index in [1.807, 2.05) is 0 Å². The van der Waals surface area contributed by atoms with Crippen LogP contribution < -0.4 is 20.2 Å². The van der Waals surface area contributed by atoms with Gasteiger partial charge in [0.1, 0.15) is 17.3 Å². The van der Waals surface area contributed by atoms with Crippen LogP contribution >= 0.6 is 23.2 Å². The van der Waals surface area contributed by atoms with Gasteiger partial charge in [-0.15, -0.1) is 0 Å². The van der Waals surface area contributed by atoms with Crippen LogP contribution in [-0.4, -0.2) is 31.2 Å². The van der Waals surface area contributed by atoms with Crippen molar-refractivity contribution < 1.29 is 23.5 Å². The molecule has 182 valence electrons. The number of ether oxygens (including phenoxy) is 2. The normalized spacial score (nSPS) is 13.8. The SMILES string of the molecule is COc1ccc(NC(=O)c2oc3c(c2C)/C(=N/NC(=O)COc2ccc(Cl)cc2Cl)CCC3)cc1. The predicted octanol–water partition coefficient (Wildman–Crippen LogP) is 5.39. The van der Waals surface area contributed by atoms with Crippen molar-refractivity contribution >= 4 is 46.4 Å². The van der Waals surface area contributed by atoms with Gasteiger partial charge in [-0.25, -0.2) is 5.43 Å². The van der Waals surface area contributed by atoms with E-state index < -0.39 is 5.91 Å². The summed E-state index contributed by atoms with van der Waals surface area (Å²) in [5, 5.41) is 7.90. The van der Waals surface area contributed by atoms with Crippen LogP contribution in [0.25, 0.3) is 0 Å². The Labute approximate surface area is 212 Å². The van der Waals surface area contributed by atoms with Gasteiger partial charge in [0.05, 0.1) is 17.8 Å². The lowest BCUT2D eigenvalue weighted by molar-refractivity contribution is -0.123. The summed E-state index contributed by atoms with van der Waals surface area (Å²) in [5.74, 6) is 1.11. The molecule has 0 spiro atoms. The fourth-order valence-electron chi connectivity index (χ4n) is 3.76. The second-order valence-electron chi connectivity index (χ2n) is 7.85. The first-order valence-electron chi connectivity index (χ1n) is 10.9. The summed E-state index contributed by atoms with van der Waals surface area (Å²) < 4.78 is 16.5. The first-order valence-corrected chi connectivity index (χ1v) is 11.6. The third kappa shape index (κ3) is 5.78. The number of nitrogens with one attached hydrogen (secondary N) is 2. The Morgan fingerprint density at radius 2 is 1.89 bits per heavy atom. The van der Waals surface area contributed by atoms with Crippen molar-refractivity contribution in [1.82, 2.24) is 5.43 Å². The standard InChI is InChI=1S/C25H23Cl2N3O5/c1-14-23-19(29-30-22(31)13-34-20-11-6-15(26)12-18(20)27)4-3-5-21(23)35-24(14)25(32)28-16-7-9-17(33-2)10-8-16/h6-12H,3-5,13H2,1-2H3,(H,28,32)(H,30,31)/b29-19+. The van der Waals surface area contributed by atoms with Crippen LogP contribution in [0.15, 0.2) is 52.0 Å². The number of rotatable bonds is 7. The van der Waals surface area contributed by atoms with E-state index >= 15 is 0 Å². The minimum absolute atomic E-state index is 0.215. The van der Waals surface area contributed by atoms with Gasteiger partial charge >= 0.3 is 0 Å². The number of aryl methyl sites for hydroxylation is 1. The Morgan fingerprint density at radius 1 is 1.11 bits per heavy atom. The number of benzene rings is 2. The molecule has 2 amide bonds. The van der Waals surface area contributed by atoms with Gasteiger partial charge in [0.2, 0.25) is 0 Å². The van der Waals surface area contributed by atoms with Crippen molar-refractivity contribution in [3.05, 3.63) is 75.2 Å². The molecule has 0 bridgehead atoms. The lowest BCUT2D eigenvalue weighted by atomic mass is 9.93. The molecular formula is C25H23Cl2N3O5. The highest BCUT2D eigenvalue weighted by atomic mass is 35.5. The van der Waals surface area contributed by atoms with E-state index in [0.717, 1.165) is 12.0 Å². The van der Waals surface area contributed by atoms with Crippen molar-refractivity contribution in [2.75, 3.05) is 19.0 Å². The second-order valence-corrected chi connectivity index (χ2v) is 8.69. The van der Waals surface area contributed by atoms with Crippen LogP contribution in [0, 0.1) is 6.92 Å². The van der Waals surface area contributed by atoms with Gasteiger partial charge in [-0.1, -0.05) is 23.2 Å². The number of furan rings is 1. The number of carbonyl (C=O) groups is 2. The van der Waals surface area contributed by atoms with E-state index in [1.165, 1.54) is 6.07 Å². The van der Waals surface area contributed by atoms with E-state index in [0.29, 0.717) is 57.1 Å². The average molecular weight is 516 g/mol. The molecule has 0 aliphatic heterocycles. The van der Waals surface area contributed by atoms with E-state index in [2.05, 4.69) is 15.8 Å². The minimum Gasteiger partial charge on any atom is -0.497 e. The second kappa shape index (κ2) is 10.8. The highest BCUT2D eigenvalue weighted by molar-refractivity contribution is 6.35. The number of amides is 2. The zero-order valence-corrected chi connectivity index (χ0v) is 20.6. The molecule has 0 unspecified atom stereocenters. The molecule has 2 N–H and O–H groups in total. The molecular weight excluding hydrogens is 493 g/mol. The smallest absolute Gasteiger partial charge is 0.291 e. The summed E-state index contributed by atoms with van der Waals surface area (Å²) in [4.78, 5) is 25.2. The van der Waals surface area contributed by atoms with Crippen molar-refractivity contribution in [3.63, 3.8) is 0 Å². The molecule has 1 aromatic heterocycles. The summed E-state index contributed by atoms with van der Waals surface area (Å²) in [6.07, 6.45) is 2.10. The van der Waals surface area contributed by atoms with Crippen molar-refractivity contribution in [2.24, 2.45) is 5.10 Å². The number of carbonyl (C=O) groups excluding carboxylic acids is 2. The van der Waals surface area contributed by atoms with Crippen LogP contribution in [0.4, 0.5) is 5.69 Å². The minimum atomic E-state index is -0.450. The summed E-state index contributed by atoms with van der Waals surface area (Å²) in [6.45, 7) is 1.53. The molecule has 2 aromatic carbocycles. The summed E-state index contributed by atoms with van der Waals surface area (Å²) in [5.41, 5.74) is 5.19. The van der Waals surface area contributed by atoms with Crippen molar-refractivity contribution in [3.8, 4) is 11.5 Å². The molecule has 0 fully saturated rings. The Kier molecular flexibility index (Phi) is 7.63. The maximum absolute atomic E-state index is 12.9. The molecule has 10 heteroatoms. The number of hydrogen-bond donors (Lipinski definition) is 2. The number of methoxy groups -OCH3 is 1. The number of anilines is 1. The number of fused-ring (bicyclic) bond motifs is 1. The summed E-state index contributed by atoms with van der Waals surface area (Å²) >= 11 is 11.9. The lowest BCUT2D eigenvalue weighted by Gasteiger charge is -2.13. The molecule has 1 aliphatic rings. The number of halogens is 2. The maximum Gasteiger partial charge on any atom is 0.291 e. The van der Waals surface area contributed by atoms with Gasteiger partial charge in [0.15, 0.2) is 12.4 Å². The molecule has 35 heavy (non-hydrogen) atoms. The molecule has 3 aromatic rings. The Hall–Kier alpha value is -3.49. The third-order valence-corrected chi connectivity index (χ3v) is 5.98. The van der Waals surface area contributed by atoms with Gasteiger partial charge in [-0.3, -0.25) is 9.59 Å². The van der Waals surface area contributed by atoms with Gasteiger partial charge in [0, 0.05) is 28.3 Å². The quantitative estimate of drug-likeness (QED) is 0.410. The van der Waals surface area contributed by atoms with Gasteiger partial charge < -0.3 is 19.2 Å². The number of hydrogen-bond acceptors (Lipinski definition) is 6. The van der Waals surface area contributed by atoms with E-state index in [4.69, 9.17) is 37.1 Å². The van der Waals surface area contributed by atoms with Crippen molar-refractivity contribution in [1.29, 1.82) is 0 Å². The fraction of sp³-hybridized carbons (Fsp3) is 0.240. The Balaban J connectivity index is 1.44. The van der Waals surface area contributed by atoms with E-state index in [-0.39, 0.29) is 18.3 Å². The summed E-state index contributed by atoms with van der Waals surface area (Å²) in [7, 11) is 1.58. The van der Waals surface area contributed by atoms with Crippen LogP contribution in [0.5, 0.6) is 11.5 Å². The van der Waals surface area contributed by atoms with Gasteiger partial charge in [-0.05, 0) is 62.2 Å². The van der Waals surface area contributed by atoms with Crippen LogP contribution in [0.3, 0.4) is 0 Å². The van der Waals surface area contributed by atoms with Crippen molar-refractivity contribution in [2.45, 2.75) is 26.2 Å². The van der Waals surface area contributed by atoms with Crippen LogP contribution in [0.2, 0.25) is 10.0 Å². The molecule has 0 atom stereocenters. The first kappa shape index (κ1) is 24.6. The molecule has 4 rings (SSSR count). The molecule has 1 aliphatic carbocycles. The molecule has 0 radical (unpaired) electrons. The molecule has 1 heterocycles. The Morgan fingerprint density at radius 3 is 2.60 bits per heavy atom. The highest BCUT2D eigenvalue weighted by Crippen LogP contribution is 2.31. The average Bonchev–Trinajstić information content (AvgIpc) is 3.20. The molecule has 8 nitrogen and oxygen atoms in total. The van der Waals surface area contributed by atoms with Crippen LogP contribution in [-0.2, 0) is 11.2 Å². The first-order chi connectivity index (χ1) is 16.9. The third-order valence-electron chi connectivity index (χ3n) is 5.45. The fourth-order valence-corrected chi connectivity index (χ4v) is 4.22. The van der Waals surface area contributed by atoms with E-state index in [1.54, 1.807) is 50.4 Å². The number of nitrogens with zero attached hydrogens (tertiary/aromatic N) is 1. The van der Waals surface area contributed by atoms with Gasteiger partial charge in [0.25, 0.3) is 11.8 Å². The zero-order chi connectivity index (χ0) is 24.9. The zero-order valence-electron chi connectivity index (χ0n) is 19.1. The monoisotopic (exact) mass is 515 g/mol. The molecule has 0 saturated heterocycles. The van der Waals surface area contributed by atoms with Gasteiger partial charge in [-0.2, -0.15) is 5.10 Å². The topological polar surface area (TPSA) is 102 Å². The van der Waals surface area contributed by atoms with Crippen LogP contribution in [0.1, 0.15) is 40.3 Å². The largest absolute Gasteiger partial charge is 0.497 e. The summed E-state index contributed by atoms with van der Waals surface area (Å²) in [6, 6.07) is 11.7. The maximum atomic E-state index is 12.9. The van der Waals surface area contributed by atoms with E-state index in [9.17, 15) is 9.59 Å². The number of hydrazone groups is 1. The lowest BCUT2D eigenvalue weighted by Crippen LogP contribution is -2.27.